The number of hydrogen-bond donors (Lipinski definition) is 2. The van der Waals surface area contributed by atoms with Crippen LogP contribution in [0.5, 0.6) is 0 Å². The maximum Gasteiger partial charge on any atom is 0.220 e. The third kappa shape index (κ3) is 4.34. The SMILES string of the molecule is Cc1cc2c(o1)CC(C)(C)CC2NC(=O)CCCCCN. The molecular formula is C17H28N2O2. The average Bonchev–Trinajstić information content (AvgIpc) is 2.73. The molecular weight excluding hydrogens is 264 g/mol. The van der Waals surface area contributed by atoms with Crippen molar-refractivity contribution in [3.05, 3.63) is 23.2 Å². The van der Waals surface area contributed by atoms with Crippen molar-refractivity contribution in [3.63, 3.8) is 0 Å². The van der Waals surface area contributed by atoms with E-state index in [1.54, 1.807) is 0 Å². The van der Waals surface area contributed by atoms with Crippen LogP contribution >= 0.6 is 0 Å². The summed E-state index contributed by atoms with van der Waals surface area (Å²) in [6.45, 7) is 7.13. The molecule has 0 aromatic carbocycles. The second-order valence-corrected chi connectivity index (χ2v) is 7.00. The van der Waals surface area contributed by atoms with E-state index in [4.69, 9.17) is 10.2 Å². The number of amides is 1. The topological polar surface area (TPSA) is 68.3 Å². The lowest BCUT2D eigenvalue weighted by molar-refractivity contribution is -0.122. The first-order valence-electron chi connectivity index (χ1n) is 8.00. The lowest BCUT2D eigenvalue weighted by Crippen LogP contribution is -2.35. The highest BCUT2D eigenvalue weighted by molar-refractivity contribution is 5.76. The summed E-state index contributed by atoms with van der Waals surface area (Å²) in [7, 11) is 0. The second kappa shape index (κ2) is 6.65. The van der Waals surface area contributed by atoms with Crippen LogP contribution in [0.25, 0.3) is 0 Å². The average molecular weight is 292 g/mol. The number of fused-ring (bicyclic) bond motifs is 1. The molecule has 0 bridgehead atoms. The van der Waals surface area contributed by atoms with E-state index in [2.05, 4.69) is 25.2 Å². The Hall–Kier alpha value is -1.29. The van der Waals surface area contributed by atoms with Gasteiger partial charge in [0.25, 0.3) is 0 Å². The van der Waals surface area contributed by atoms with Gasteiger partial charge in [0, 0.05) is 18.4 Å². The third-order valence-corrected chi connectivity index (χ3v) is 4.18. The Morgan fingerprint density at radius 3 is 2.90 bits per heavy atom. The van der Waals surface area contributed by atoms with E-state index in [9.17, 15) is 4.79 Å². The number of nitrogens with one attached hydrogen (secondary N) is 1. The molecule has 4 heteroatoms. The van der Waals surface area contributed by atoms with Crippen LogP contribution < -0.4 is 11.1 Å². The molecule has 1 aliphatic carbocycles. The molecule has 1 aromatic heterocycles. The van der Waals surface area contributed by atoms with Crippen molar-refractivity contribution in [2.24, 2.45) is 11.1 Å². The largest absolute Gasteiger partial charge is 0.466 e. The van der Waals surface area contributed by atoms with Gasteiger partial charge in [-0.05, 0) is 44.2 Å². The van der Waals surface area contributed by atoms with Crippen molar-refractivity contribution in [3.8, 4) is 0 Å². The van der Waals surface area contributed by atoms with Gasteiger partial charge in [0.15, 0.2) is 0 Å². The highest BCUT2D eigenvalue weighted by Gasteiger charge is 2.35. The molecule has 1 amide bonds. The fourth-order valence-electron chi connectivity index (χ4n) is 3.19. The molecule has 0 spiro atoms. The number of furan rings is 1. The highest BCUT2D eigenvalue weighted by Crippen LogP contribution is 2.42. The molecule has 0 aliphatic heterocycles. The van der Waals surface area contributed by atoms with Gasteiger partial charge in [-0.2, -0.15) is 0 Å². The van der Waals surface area contributed by atoms with Crippen LogP contribution in [0.3, 0.4) is 0 Å². The minimum atomic E-state index is 0.0863. The molecule has 2 rings (SSSR count). The minimum Gasteiger partial charge on any atom is -0.466 e. The van der Waals surface area contributed by atoms with Gasteiger partial charge < -0.3 is 15.5 Å². The quantitative estimate of drug-likeness (QED) is 0.791. The molecule has 1 aromatic rings. The first kappa shape index (κ1) is 16.1. The normalized spacial score (nSPS) is 20.1. The number of unbranched alkanes of at least 4 members (excludes halogenated alkanes) is 2. The van der Waals surface area contributed by atoms with Crippen LogP contribution in [-0.2, 0) is 11.2 Å². The molecule has 21 heavy (non-hydrogen) atoms. The van der Waals surface area contributed by atoms with E-state index < -0.39 is 0 Å². The zero-order valence-electron chi connectivity index (χ0n) is 13.5. The highest BCUT2D eigenvalue weighted by atomic mass is 16.3. The number of aryl methyl sites for hydroxylation is 1. The molecule has 1 aliphatic rings. The number of carbonyl (C=O) groups is 1. The molecule has 118 valence electrons. The lowest BCUT2D eigenvalue weighted by atomic mass is 9.74. The van der Waals surface area contributed by atoms with E-state index in [-0.39, 0.29) is 17.4 Å². The van der Waals surface area contributed by atoms with E-state index in [0.717, 1.165) is 43.6 Å². The summed E-state index contributed by atoms with van der Waals surface area (Å²) in [5.74, 6) is 2.11. The molecule has 3 N–H and O–H groups in total. The van der Waals surface area contributed by atoms with Crippen molar-refractivity contribution < 1.29 is 9.21 Å². The predicted molar refractivity (Wildman–Crippen MR) is 84.0 cm³/mol. The predicted octanol–water partition coefficient (Wildman–Crippen LogP) is 3.24. The molecule has 0 radical (unpaired) electrons. The summed E-state index contributed by atoms with van der Waals surface area (Å²) in [4.78, 5) is 12.1. The Balaban J connectivity index is 1.97. The minimum absolute atomic E-state index is 0.0863. The summed E-state index contributed by atoms with van der Waals surface area (Å²) in [5, 5.41) is 3.19. The number of nitrogens with two attached hydrogens (primary N) is 1. The summed E-state index contributed by atoms with van der Waals surface area (Å²) < 4.78 is 5.80. The Kier molecular flexibility index (Phi) is 5.09. The Bertz CT molecular complexity index is 491. The third-order valence-electron chi connectivity index (χ3n) is 4.18. The van der Waals surface area contributed by atoms with Gasteiger partial charge in [-0.25, -0.2) is 0 Å². The smallest absolute Gasteiger partial charge is 0.220 e. The first-order chi connectivity index (χ1) is 9.91. The van der Waals surface area contributed by atoms with Crippen LogP contribution in [-0.4, -0.2) is 12.5 Å². The van der Waals surface area contributed by atoms with Crippen LogP contribution in [0.1, 0.15) is 69.1 Å². The Labute approximate surface area is 127 Å². The maximum absolute atomic E-state index is 12.1. The van der Waals surface area contributed by atoms with E-state index >= 15 is 0 Å². The fraction of sp³-hybridized carbons (Fsp3) is 0.706. The lowest BCUT2D eigenvalue weighted by Gasteiger charge is -2.34. The molecule has 0 saturated heterocycles. The molecule has 0 fully saturated rings. The fourth-order valence-corrected chi connectivity index (χ4v) is 3.19. The van der Waals surface area contributed by atoms with Crippen molar-refractivity contribution in [2.45, 2.75) is 65.3 Å². The zero-order valence-corrected chi connectivity index (χ0v) is 13.5. The maximum atomic E-state index is 12.1. The zero-order chi connectivity index (χ0) is 15.5. The van der Waals surface area contributed by atoms with Crippen molar-refractivity contribution in [2.75, 3.05) is 6.54 Å². The van der Waals surface area contributed by atoms with Crippen LogP contribution in [0.4, 0.5) is 0 Å². The molecule has 0 saturated carbocycles. The van der Waals surface area contributed by atoms with Crippen molar-refractivity contribution in [1.82, 2.24) is 5.32 Å². The molecule has 1 heterocycles. The van der Waals surface area contributed by atoms with Gasteiger partial charge in [0.05, 0.1) is 6.04 Å². The van der Waals surface area contributed by atoms with Gasteiger partial charge in [-0.15, -0.1) is 0 Å². The Morgan fingerprint density at radius 2 is 2.19 bits per heavy atom. The van der Waals surface area contributed by atoms with Gasteiger partial charge >= 0.3 is 0 Å². The molecule has 4 nitrogen and oxygen atoms in total. The van der Waals surface area contributed by atoms with Crippen molar-refractivity contribution >= 4 is 5.91 Å². The van der Waals surface area contributed by atoms with Crippen LogP contribution in [0, 0.1) is 12.3 Å². The Morgan fingerprint density at radius 1 is 1.43 bits per heavy atom. The van der Waals surface area contributed by atoms with E-state index in [1.165, 1.54) is 5.56 Å². The summed E-state index contributed by atoms with van der Waals surface area (Å²) in [6, 6.07) is 2.16. The number of hydrogen-bond acceptors (Lipinski definition) is 3. The van der Waals surface area contributed by atoms with Gasteiger partial charge in [-0.1, -0.05) is 20.3 Å². The van der Waals surface area contributed by atoms with E-state index in [1.807, 2.05) is 6.92 Å². The monoisotopic (exact) mass is 292 g/mol. The van der Waals surface area contributed by atoms with Crippen LogP contribution in [0.2, 0.25) is 0 Å². The van der Waals surface area contributed by atoms with Crippen molar-refractivity contribution in [1.29, 1.82) is 0 Å². The van der Waals surface area contributed by atoms with Crippen LogP contribution in [0.15, 0.2) is 10.5 Å². The summed E-state index contributed by atoms with van der Waals surface area (Å²) in [5.41, 5.74) is 6.80. The molecule has 1 atom stereocenters. The summed E-state index contributed by atoms with van der Waals surface area (Å²) in [6.07, 6.45) is 5.43. The first-order valence-corrected chi connectivity index (χ1v) is 8.00. The van der Waals surface area contributed by atoms with Gasteiger partial charge in [0.2, 0.25) is 5.91 Å². The molecule has 1 unspecified atom stereocenters. The second-order valence-electron chi connectivity index (χ2n) is 7.00. The van der Waals surface area contributed by atoms with Gasteiger partial charge in [0.1, 0.15) is 11.5 Å². The van der Waals surface area contributed by atoms with E-state index in [0.29, 0.717) is 13.0 Å². The number of carbonyl (C=O) groups excluding carboxylic acids is 1. The van der Waals surface area contributed by atoms with Gasteiger partial charge in [-0.3, -0.25) is 4.79 Å². The summed E-state index contributed by atoms with van der Waals surface area (Å²) >= 11 is 0. The standard InChI is InChI=1S/C17H28N2O2/c1-12-9-13-14(10-17(2,3)11-15(13)21-12)19-16(20)7-5-4-6-8-18/h9,14H,4-8,10-11,18H2,1-3H3,(H,19,20). The number of rotatable bonds is 6.